The van der Waals surface area contributed by atoms with Crippen molar-refractivity contribution in [1.29, 1.82) is 0 Å². The van der Waals surface area contributed by atoms with Crippen LogP contribution in [0.3, 0.4) is 0 Å². The predicted molar refractivity (Wildman–Crippen MR) is 232 cm³/mol. The van der Waals surface area contributed by atoms with Gasteiger partial charge in [0.2, 0.25) is 0 Å². The second-order valence-electron chi connectivity index (χ2n) is 19.0. The van der Waals surface area contributed by atoms with Gasteiger partial charge in [0.1, 0.15) is 17.2 Å². The quantitative estimate of drug-likeness (QED) is 0.0928. The van der Waals surface area contributed by atoms with Crippen LogP contribution in [0.2, 0.25) is 0 Å². The summed E-state index contributed by atoms with van der Waals surface area (Å²) in [6.07, 6.45) is 3.75. The van der Waals surface area contributed by atoms with Crippen LogP contribution in [0.1, 0.15) is 133 Å². The lowest BCUT2D eigenvalue weighted by Gasteiger charge is -2.19. The van der Waals surface area contributed by atoms with Crippen LogP contribution in [0.15, 0.2) is 50.8 Å². The summed E-state index contributed by atoms with van der Waals surface area (Å²) in [6.45, 7) is 24.7. The molecule has 57 heavy (non-hydrogen) atoms. The average Bonchev–Trinajstić information content (AvgIpc) is 3.08. The molecule has 0 saturated heterocycles. The Kier molecular flexibility index (Phi) is 15.3. The monoisotopic (exact) mass is 784 g/mol. The van der Waals surface area contributed by atoms with Gasteiger partial charge in [-0.25, -0.2) is 28.1 Å². The zero-order valence-electron chi connectivity index (χ0n) is 36.7. The predicted octanol–water partition coefficient (Wildman–Crippen LogP) is 8.62. The first-order chi connectivity index (χ1) is 26.6. The van der Waals surface area contributed by atoms with Crippen LogP contribution in [0, 0.1) is 35.5 Å². The Morgan fingerprint density at radius 2 is 0.509 bits per heavy atom. The van der Waals surface area contributed by atoms with Crippen LogP contribution in [0.25, 0.3) is 0 Å². The number of benzene rings is 3. The van der Waals surface area contributed by atoms with Crippen molar-refractivity contribution < 1.29 is 15.3 Å². The number of phenols is 3. The van der Waals surface area contributed by atoms with Crippen LogP contribution >= 0.6 is 0 Å². The van der Waals surface area contributed by atoms with Gasteiger partial charge in [0.15, 0.2) is 0 Å². The van der Waals surface area contributed by atoms with Crippen molar-refractivity contribution >= 4 is 0 Å². The molecular weight excluding hydrogens is 715 g/mol. The Bertz CT molecular complexity index is 1830. The van der Waals surface area contributed by atoms with Crippen LogP contribution in [0.4, 0.5) is 0 Å². The molecule has 9 heteroatoms. The summed E-state index contributed by atoms with van der Waals surface area (Å²) in [5, 5.41) is 33.8. The standard InChI is InChI=1S/C48H69N3O6/c1-28(2)13-37-19-34(20-38(43(37)52)14-29(3)4)25-49-46(55)50(26-35-21-39(15-30(5)6)44(53)40(22-35)16-31(7)8)48(57)51(47(49)56)27-36-23-41(17-32(9)10)45(54)42(24-36)18-33(11)12/h19-24,28-33,52-54H,13-18,25-27H2,1-12H3. The number of phenolic OH excluding ortho intramolecular Hbond substituents is 3. The molecule has 0 spiro atoms. The smallest absolute Gasteiger partial charge is 0.336 e. The molecule has 0 unspecified atom stereocenters. The van der Waals surface area contributed by atoms with Gasteiger partial charge in [-0.05, 0) is 124 Å². The van der Waals surface area contributed by atoms with Gasteiger partial charge < -0.3 is 15.3 Å². The number of aromatic nitrogens is 3. The Balaban J connectivity index is 2.01. The fraction of sp³-hybridized carbons (Fsp3) is 0.562. The van der Waals surface area contributed by atoms with Crippen molar-refractivity contribution in [3.63, 3.8) is 0 Å². The molecule has 1 heterocycles. The lowest BCUT2D eigenvalue weighted by atomic mass is 9.93. The third-order valence-corrected chi connectivity index (χ3v) is 10.2. The first-order valence-electron chi connectivity index (χ1n) is 21.1. The molecule has 0 bridgehead atoms. The minimum Gasteiger partial charge on any atom is -0.507 e. The molecule has 4 aromatic rings. The SMILES string of the molecule is CC(C)Cc1cc(Cn2c(=O)n(Cc3cc(CC(C)C)c(O)c(CC(C)C)c3)c(=O)n(Cc3cc(CC(C)C)c(O)c(CC(C)C)c3)c2=O)cc(CC(C)C)c1O. The molecular formula is C48H69N3O6. The topological polar surface area (TPSA) is 127 Å². The summed E-state index contributed by atoms with van der Waals surface area (Å²) in [4.78, 5) is 43.8. The zero-order valence-corrected chi connectivity index (χ0v) is 36.7. The van der Waals surface area contributed by atoms with E-state index < -0.39 is 17.1 Å². The van der Waals surface area contributed by atoms with Crippen molar-refractivity contribution in [3.05, 3.63) is 118 Å². The maximum absolute atomic E-state index is 14.6. The summed E-state index contributed by atoms with van der Waals surface area (Å²) in [7, 11) is 0. The third-order valence-electron chi connectivity index (χ3n) is 10.2. The molecule has 0 fully saturated rings. The van der Waals surface area contributed by atoms with E-state index in [2.05, 4.69) is 83.1 Å². The fourth-order valence-corrected chi connectivity index (χ4v) is 7.98. The third kappa shape index (κ3) is 11.8. The van der Waals surface area contributed by atoms with Gasteiger partial charge in [0, 0.05) is 0 Å². The highest BCUT2D eigenvalue weighted by atomic mass is 16.3. The van der Waals surface area contributed by atoms with Crippen molar-refractivity contribution in [1.82, 2.24) is 13.7 Å². The molecule has 0 amide bonds. The van der Waals surface area contributed by atoms with Gasteiger partial charge in [-0.15, -0.1) is 0 Å². The average molecular weight is 784 g/mol. The van der Waals surface area contributed by atoms with E-state index in [-0.39, 0.29) is 72.4 Å². The molecule has 0 saturated carbocycles. The van der Waals surface area contributed by atoms with E-state index in [1.165, 1.54) is 0 Å². The van der Waals surface area contributed by atoms with Crippen molar-refractivity contribution in [2.24, 2.45) is 35.5 Å². The van der Waals surface area contributed by atoms with E-state index in [0.29, 0.717) is 55.2 Å². The largest absolute Gasteiger partial charge is 0.507 e. The summed E-state index contributed by atoms with van der Waals surface area (Å²) in [5.41, 5.74) is 4.50. The molecule has 0 aliphatic rings. The van der Waals surface area contributed by atoms with Gasteiger partial charge in [0.05, 0.1) is 19.6 Å². The summed E-state index contributed by atoms with van der Waals surface area (Å²) >= 11 is 0. The Labute approximate surface area is 340 Å². The van der Waals surface area contributed by atoms with Crippen molar-refractivity contribution in [3.8, 4) is 17.2 Å². The van der Waals surface area contributed by atoms with Crippen LogP contribution in [-0.4, -0.2) is 29.0 Å². The molecule has 0 atom stereocenters. The number of rotatable bonds is 18. The molecule has 3 aromatic carbocycles. The van der Waals surface area contributed by atoms with Gasteiger partial charge in [0.25, 0.3) is 0 Å². The highest BCUT2D eigenvalue weighted by Gasteiger charge is 2.22. The molecule has 4 rings (SSSR count). The van der Waals surface area contributed by atoms with Crippen molar-refractivity contribution in [2.75, 3.05) is 0 Å². The normalized spacial score (nSPS) is 12.1. The minimum absolute atomic E-state index is 0.0893. The molecule has 0 aliphatic heterocycles. The number of aromatic hydroxyl groups is 3. The lowest BCUT2D eigenvalue weighted by Crippen LogP contribution is -2.54. The van der Waals surface area contributed by atoms with E-state index in [1.807, 2.05) is 36.4 Å². The van der Waals surface area contributed by atoms with E-state index in [0.717, 1.165) is 47.1 Å². The van der Waals surface area contributed by atoms with E-state index in [1.54, 1.807) is 0 Å². The maximum Gasteiger partial charge on any atom is 0.336 e. The number of nitrogens with zero attached hydrogens (tertiary/aromatic N) is 3. The summed E-state index contributed by atoms with van der Waals surface area (Å²) < 4.78 is 3.42. The summed E-state index contributed by atoms with van der Waals surface area (Å²) in [6, 6.07) is 11.2. The van der Waals surface area contributed by atoms with E-state index in [4.69, 9.17) is 0 Å². The number of hydrogen-bond acceptors (Lipinski definition) is 6. The molecule has 0 aliphatic carbocycles. The Hall–Kier alpha value is -4.53. The zero-order chi connectivity index (χ0) is 42.5. The van der Waals surface area contributed by atoms with E-state index >= 15 is 0 Å². The molecule has 1 aromatic heterocycles. The van der Waals surface area contributed by atoms with Crippen molar-refractivity contribution in [2.45, 2.75) is 141 Å². The van der Waals surface area contributed by atoms with Crippen LogP contribution in [-0.2, 0) is 58.2 Å². The highest BCUT2D eigenvalue weighted by molar-refractivity contribution is 5.46. The second-order valence-corrected chi connectivity index (χ2v) is 19.0. The fourth-order valence-electron chi connectivity index (χ4n) is 7.98. The Morgan fingerprint density at radius 1 is 0.351 bits per heavy atom. The first kappa shape index (κ1) is 45.2. The summed E-state index contributed by atoms with van der Waals surface area (Å²) in [5.74, 6) is 2.32. The molecule has 312 valence electrons. The van der Waals surface area contributed by atoms with Gasteiger partial charge in [-0.2, -0.15) is 0 Å². The van der Waals surface area contributed by atoms with E-state index in [9.17, 15) is 29.7 Å². The van der Waals surface area contributed by atoms with Gasteiger partial charge >= 0.3 is 17.1 Å². The first-order valence-corrected chi connectivity index (χ1v) is 21.1. The molecule has 3 N–H and O–H groups in total. The minimum atomic E-state index is -0.722. The molecule has 0 radical (unpaired) electrons. The van der Waals surface area contributed by atoms with Crippen LogP contribution in [0.5, 0.6) is 17.2 Å². The molecule has 9 nitrogen and oxygen atoms in total. The second kappa shape index (κ2) is 19.3. The lowest BCUT2D eigenvalue weighted by molar-refractivity contribution is 0.448. The highest BCUT2D eigenvalue weighted by Crippen LogP contribution is 2.32. The van der Waals surface area contributed by atoms with Crippen LogP contribution < -0.4 is 17.1 Å². The maximum atomic E-state index is 14.6. The van der Waals surface area contributed by atoms with Gasteiger partial charge in [-0.1, -0.05) is 119 Å². The Morgan fingerprint density at radius 3 is 0.649 bits per heavy atom. The van der Waals surface area contributed by atoms with Gasteiger partial charge in [-0.3, -0.25) is 0 Å². The number of hydrogen-bond donors (Lipinski definition) is 3.